The molecule has 0 bridgehead atoms. The lowest BCUT2D eigenvalue weighted by atomic mass is 9.99. The third-order valence-electron chi connectivity index (χ3n) is 5.16. The maximum Gasteiger partial charge on any atom is 0.303 e. The van der Waals surface area contributed by atoms with Crippen LogP contribution in [0.3, 0.4) is 0 Å². The lowest BCUT2D eigenvalue weighted by Crippen LogP contribution is -2.37. The molecule has 0 aliphatic heterocycles. The molecule has 0 aliphatic rings. The smallest absolute Gasteiger partial charge is 0.303 e. The van der Waals surface area contributed by atoms with E-state index in [-0.39, 0.29) is 0 Å². The SMILES string of the molecule is C=C[C@@H](OC(C)=O)[C@H](OCc1ccccc1)[C@H](OCc1ccccc1)c1ccc(OC)cc1. The van der Waals surface area contributed by atoms with Gasteiger partial charge in [-0.3, -0.25) is 4.79 Å². The summed E-state index contributed by atoms with van der Waals surface area (Å²) >= 11 is 0. The summed E-state index contributed by atoms with van der Waals surface area (Å²) in [6, 6.07) is 27.3. The largest absolute Gasteiger partial charge is 0.497 e. The zero-order valence-corrected chi connectivity index (χ0v) is 19.1. The lowest BCUT2D eigenvalue weighted by molar-refractivity contribution is -0.164. The number of carbonyl (C=O) groups is 1. The molecule has 5 nitrogen and oxygen atoms in total. The number of methoxy groups -OCH3 is 1. The second-order valence-corrected chi connectivity index (χ2v) is 7.56. The molecule has 5 heteroatoms. The van der Waals surface area contributed by atoms with Crippen molar-refractivity contribution in [3.05, 3.63) is 114 Å². The molecule has 3 aromatic carbocycles. The van der Waals surface area contributed by atoms with E-state index in [4.69, 9.17) is 18.9 Å². The Morgan fingerprint density at radius 2 is 1.39 bits per heavy atom. The Labute approximate surface area is 195 Å². The Kier molecular flexibility index (Phi) is 9.24. The Morgan fingerprint density at radius 3 is 1.88 bits per heavy atom. The topological polar surface area (TPSA) is 54.0 Å². The van der Waals surface area contributed by atoms with Gasteiger partial charge in [-0.15, -0.1) is 0 Å². The predicted molar refractivity (Wildman–Crippen MR) is 128 cm³/mol. The van der Waals surface area contributed by atoms with Crippen molar-refractivity contribution < 1.29 is 23.7 Å². The first-order valence-corrected chi connectivity index (χ1v) is 10.9. The lowest BCUT2D eigenvalue weighted by Gasteiger charge is -2.32. The molecule has 0 fully saturated rings. The fourth-order valence-corrected chi connectivity index (χ4v) is 3.50. The van der Waals surface area contributed by atoms with E-state index in [1.165, 1.54) is 6.92 Å². The molecule has 0 heterocycles. The third kappa shape index (κ3) is 7.31. The van der Waals surface area contributed by atoms with Crippen molar-refractivity contribution in [2.45, 2.75) is 38.4 Å². The number of hydrogen-bond acceptors (Lipinski definition) is 5. The molecule has 3 rings (SSSR count). The highest BCUT2D eigenvalue weighted by Gasteiger charge is 2.33. The normalized spacial score (nSPS) is 13.5. The number of rotatable bonds is 12. The van der Waals surface area contributed by atoms with Crippen molar-refractivity contribution in [2.75, 3.05) is 7.11 Å². The second-order valence-electron chi connectivity index (χ2n) is 7.56. The van der Waals surface area contributed by atoms with Gasteiger partial charge in [-0.2, -0.15) is 0 Å². The van der Waals surface area contributed by atoms with Crippen molar-refractivity contribution in [3.63, 3.8) is 0 Å². The molecule has 0 saturated heterocycles. The van der Waals surface area contributed by atoms with E-state index in [2.05, 4.69) is 6.58 Å². The van der Waals surface area contributed by atoms with E-state index in [0.29, 0.717) is 13.2 Å². The van der Waals surface area contributed by atoms with Crippen LogP contribution < -0.4 is 4.74 Å². The number of esters is 1. The number of carbonyl (C=O) groups excluding carboxylic acids is 1. The Morgan fingerprint density at radius 1 is 0.848 bits per heavy atom. The van der Waals surface area contributed by atoms with E-state index >= 15 is 0 Å². The molecule has 0 aliphatic carbocycles. The highest BCUT2D eigenvalue weighted by Crippen LogP contribution is 2.31. The monoisotopic (exact) mass is 446 g/mol. The zero-order valence-electron chi connectivity index (χ0n) is 19.1. The molecular formula is C28H30O5. The maximum atomic E-state index is 11.8. The molecule has 0 radical (unpaired) electrons. The minimum Gasteiger partial charge on any atom is -0.497 e. The Bertz CT molecular complexity index is 986. The summed E-state index contributed by atoms with van der Waals surface area (Å²) in [5, 5.41) is 0. The van der Waals surface area contributed by atoms with Gasteiger partial charge in [0.25, 0.3) is 0 Å². The van der Waals surface area contributed by atoms with Crippen LogP contribution in [0.4, 0.5) is 0 Å². The molecule has 0 spiro atoms. The highest BCUT2D eigenvalue weighted by atomic mass is 16.6. The average Bonchev–Trinajstić information content (AvgIpc) is 2.86. The van der Waals surface area contributed by atoms with Crippen molar-refractivity contribution >= 4 is 5.97 Å². The van der Waals surface area contributed by atoms with Crippen molar-refractivity contribution in [1.82, 2.24) is 0 Å². The van der Waals surface area contributed by atoms with Gasteiger partial charge in [-0.25, -0.2) is 0 Å². The molecule has 0 amide bonds. The molecule has 0 unspecified atom stereocenters. The quantitative estimate of drug-likeness (QED) is 0.266. The van der Waals surface area contributed by atoms with Crippen LogP contribution in [0.5, 0.6) is 5.75 Å². The first-order valence-electron chi connectivity index (χ1n) is 10.9. The first kappa shape index (κ1) is 24.2. The van der Waals surface area contributed by atoms with Crippen LogP contribution in [0.1, 0.15) is 29.7 Å². The average molecular weight is 447 g/mol. The molecule has 0 N–H and O–H groups in total. The fourth-order valence-electron chi connectivity index (χ4n) is 3.50. The highest BCUT2D eigenvalue weighted by molar-refractivity contribution is 5.66. The van der Waals surface area contributed by atoms with Gasteiger partial charge in [-0.1, -0.05) is 79.4 Å². The van der Waals surface area contributed by atoms with E-state index in [1.54, 1.807) is 13.2 Å². The van der Waals surface area contributed by atoms with Gasteiger partial charge in [0, 0.05) is 6.92 Å². The van der Waals surface area contributed by atoms with Crippen LogP contribution in [0.15, 0.2) is 97.6 Å². The van der Waals surface area contributed by atoms with Crippen LogP contribution in [0.2, 0.25) is 0 Å². The van der Waals surface area contributed by atoms with Crippen molar-refractivity contribution in [3.8, 4) is 5.75 Å². The molecule has 0 aromatic heterocycles. The fraction of sp³-hybridized carbons (Fsp3) is 0.250. The number of hydrogen-bond donors (Lipinski definition) is 0. The van der Waals surface area contributed by atoms with Gasteiger partial charge in [0.2, 0.25) is 0 Å². The summed E-state index contributed by atoms with van der Waals surface area (Å²) in [4.78, 5) is 11.8. The maximum absolute atomic E-state index is 11.8. The van der Waals surface area contributed by atoms with Crippen LogP contribution in [0.25, 0.3) is 0 Å². The van der Waals surface area contributed by atoms with E-state index < -0.39 is 24.3 Å². The van der Waals surface area contributed by atoms with Gasteiger partial charge >= 0.3 is 5.97 Å². The second kappa shape index (κ2) is 12.6. The summed E-state index contributed by atoms with van der Waals surface area (Å²) in [6.07, 6.45) is -0.264. The van der Waals surface area contributed by atoms with E-state index in [1.807, 2.05) is 84.9 Å². The molecule has 3 atom stereocenters. The van der Waals surface area contributed by atoms with Gasteiger partial charge in [0.1, 0.15) is 24.1 Å². The van der Waals surface area contributed by atoms with Crippen LogP contribution in [0, 0.1) is 0 Å². The number of ether oxygens (including phenoxy) is 4. The summed E-state index contributed by atoms with van der Waals surface area (Å²) in [7, 11) is 1.62. The van der Waals surface area contributed by atoms with Crippen LogP contribution >= 0.6 is 0 Å². The minimum atomic E-state index is -0.700. The van der Waals surface area contributed by atoms with Crippen molar-refractivity contribution in [2.24, 2.45) is 0 Å². The summed E-state index contributed by atoms with van der Waals surface area (Å²) in [5.41, 5.74) is 2.91. The van der Waals surface area contributed by atoms with Gasteiger partial charge in [0.15, 0.2) is 0 Å². The minimum absolute atomic E-state index is 0.332. The van der Waals surface area contributed by atoms with E-state index in [0.717, 1.165) is 22.4 Å². The van der Waals surface area contributed by atoms with Crippen LogP contribution in [-0.2, 0) is 32.2 Å². The molecule has 33 heavy (non-hydrogen) atoms. The van der Waals surface area contributed by atoms with Crippen LogP contribution in [-0.4, -0.2) is 25.3 Å². The molecular weight excluding hydrogens is 416 g/mol. The molecule has 3 aromatic rings. The summed E-state index contributed by atoms with van der Waals surface area (Å²) in [6.45, 7) is 5.95. The zero-order chi connectivity index (χ0) is 23.5. The summed E-state index contributed by atoms with van der Waals surface area (Å²) < 4.78 is 23.6. The van der Waals surface area contributed by atoms with E-state index in [9.17, 15) is 4.79 Å². The van der Waals surface area contributed by atoms with Gasteiger partial charge in [0.05, 0.1) is 20.3 Å². The molecule has 0 saturated carbocycles. The van der Waals surface area contributed by atoms with Gasteiger partial charge < -0.3 is 18.9 Å². The summed E-state index contributed by atoms with van der Waals surface area (Å²) in [5.74, 6) is 0.326. The van der Waals surface area contributed by atoms with Gasteiger partial charge in [-0.05, 0) is 34.9 Å². The Hall–Kier alpha value is -3.41. The molecule has 172 valence electrons. The van der Waals surface area contributed by atoms with Crippen molar-refractivity contribution in [1.29, 1.82) is 0 Å². The number of benzene rings is 3. The predicted octanol–water partition coefficient (Wildman–Crippen LogP) is 5.66. The first-order chi connectivity index (χ1) is 16.1. The third-order valence-corrected chi connectivity index (χ3v) is 5.16. The standard InChI is InChI=1S/C28H30O5/c1-4-26(33-21(2)29)28(32-20-23-13-9-6-10-14-23)27(24-15-17-25(30-3)18-16-24)31-19-22-11-7-5-8-12-22/h4-18,26-28H,1,19-20H2,2-3H3/t26-,27-,28+/m1/s1. The Balaban J connectivity index is 1.93.